The molecule has 7 nitrogen and oxygen atoms in total. The van der Waals surface area contributed by atoms with Crippen molar-refractivity contribution < 1.29 is 14.4 Å². The molecule has 1 unspecified atom stereocenters. The number of benzene rings is 1. The molecule has 1 atom stereocenters. The van der Waals surface area contributed by atoms with E-state index in [4.69, 9.17) is 5.73 Å². The zero-order valence-electron chi connectivity index (χ0n) is 11.2. The van der Waals surface area contributed by atoms with E-state index in [0.717, 1.165) is 0 Å². The Morgan fingerprint density at radius 2 is 2.14 bits per heavy atom. The number of nitrogen functional groups attached to an aromatic ring is 1. The number of aromatic nitrogens is 1. The van der Waals surface area contributed by atoms with E-state index in [2.05, 4.69) is 31.5 Å². The molecule has 0 radical (unpaired) electrons. The maximum absolute atomic E-state index is 12.4. The van der Waals surface area contributed by atoms with Crippen molar-refractivity contribution in [3.05, 3.63) is 34.6 Å². The lowest BCUT2D eigenvalue weighted by atomic mass is 10.1. The summed E-state index contributed by atoms with van der Waals surface area (Å²) in [6.07, 6.45) is 1.40. The Bertz CT molecular complexity index is 821. The molecule has 0 aliphatic carbocycles. The van der Waals surface area contributed by atoms with Crippen molar-refractivity contribution in [2.75, 3.05) is 5.73 Å². The highest BCUT2D eigenvalue weighted by Gasteiger charge is 2.32. The first-order valence-corrected chi connectivity index (χ1v) is 7.24. The van der Waals surface area contributed by atoms with Gasteiger partial charge in [-0.1, -0.05) is 15.9 Å². The van der Waals surface area contributed by atoms with Crippen LogP contribution in [0.1, 0.15) is 16.9 Å². The highest BCUT2D eigenvalue weighted by Crippen LogP contribution is 2.30. The van der Waals surface area contributed by atoms with Crippen LogP contribution < -0.4 is 16.4 Å². The first-order chi connectivity index (χ1) is 10.5. The molecule has 2 heterocycles. The number of fused-ring (bicyclic) bond motifs is 1. The van der Waals surface area contributed by atoms with Gasteiger partial charge >= 0.3 is 0 Å². The molecular weight excluding hydrogens is 352 g/mol. The topological polar surface area (TPSA) is 114 Å². The van der Waals surface area contributed by atoms with Crippen molar-refractivity contribution in [1.82, 2.24) is 15.6 Å². The van der Waals surface area contributed by atoms with Crippen LogP contribution >= 0.6 is 15.9 Å². The number of hydrogen-bond donors (Lipinski definition) is 3. The van der Waals surface area contributed by atoms with Gasteiger partial charge in [0.2, 0.25) is 11.8 Å². The molecule has 112 valence electrons. The van der Waals surface area contributed by atoms with Gasteiger partial charge in [0.15, 0.2) is 0 Å². The summed E-state index contributed by atoms with van der Waals surface area (Å²) < 4.78 is 0.668. The minimum Gasteiger partial charge on any atom is -0.398 e. The molecule has 4 N–H and O–H groups in total. The van der Waals surface area contributed by atoms with Gasteiger partial charge in [-0.25, -0.2) is 0 Å². The summed E-state index contributed by atoms with van der Waals surface area (Å²) in [5.74, 6) is -1.46. The average Bonchev–Trinajstić information content (AvgIpc) is 2.80. The molecule has 0 spiro atoms. The summed E-state index contributed by atoms with van der Waals surface area (Å²) in [5.41, 5.74) is 6.57. The Hall–Kier alpha value is -2.48. The van der Waals surface area contributed by atoms with Gasteiger partial charge in [0, 0.05) is 27.1 Å². The van der Waals surface area contributed by atoms with Crippen LogP contribution in [-0.2, 0) is 9.59 Å². The summed E-state index contributed by atoms with van der Waals surface area (Å²) in [6, 6.07) is 4.27. The van der Waals surface area contributed by atoms with Crippen LogP contribution in [0.5, 0.6) is 0 Å². The molecule has 1 aromatic heterocycles. The van der Waals surface area contributed by atoms with Crippen molar-refractivity contribution in [3.63, 3.8) is 0 Å². The van der Waals surface area contributed by atoms with Gasteiger partial charge in [-0.2, -0.15) is 0 Å². The first-order valence-electron chi connectivity index (χ1n) is 6.44. The fraction of sp³-hybridized carbons (Fsp3) is 0.143. The van der Waals surface area contributed by atoms with Crippen molar-refractivity contribution in [3.8, 4) is 0 Å². The molecule has 2 aromatic rings. The van der Waals surface area contributed by atoms with Crippen molar-refractivity contribution >= 4 is 50.1 Å². The second kappa shape index (κ2) is 5.38. The van der Waals surface area contributed by atoms with E-state index >= 15 is 0 Å². The van der Waals surface area contributed by atoms with Crippen molar-refractivity contribution in [2.45, 2.75) is 12.5 Å². The second-order valence-electron chi connectivity index (χ2n) is 4.86. The predicted octanol–water partition coefficient (Wildman–Crippen LogP) is 0.724. The summed E-state index contributed by atoms with van der Waals surface area (Å²) in [5, 5.41) is 5.90. The number of nitrogens with two attached hydrogens (primary N) is 1. The summed E-state index contributed by atoms with van der Waals surface area (Å²) in [7, 11) is 0. The Morgan fingerprint density at radius 1 is 1.36 bits per heavy atom. The molecule has 1 aliphatic rings. The average molecular weight is 363 g/mol. The smallest absolute Gasteiger partial charge is 0.271 e. The fourth-order valence-corrected chi connectivity index (χ4v) is 2.88. The van der Waals surface area contributed by atoms with Crippen molar-refractivity contribution in [1.29, 1.82) is 0 Å². The Balaban J connectivity index is 2.00. The monoisotopic (exact) mass is 362 g/mol. The van der Waals surface area contributed by atoms with Crippen LogP contribution in [-0.4, -0.2) is 28.7 Å². The normalized spacial score (nSPS) is 17.6. The number of nitrogens with one attached hydrogen (secondary N) is 2. The predicted molar refractivity (Wildman–Crippen MR) is 82.9 cm³/mol. The third kappa shape index (κ3) is 2.41. The quantitative estimate of drug-likeness (QED) is 0.538. The SMILES string of the molecule is Nc1ccc(Br)c2c(C(=O)NC3CC(=O)NC3=O)nccc12. The zero-order valence-corrected chi connectivity index (χ0v) is 12.8. The van der Waals surface area contributed by atoms with Gasteiger partial charge in [-0.15, -0.1) is 0 Å². The highest BCUT2D eigenvalue weighted by molar-refractivity contribution is 9.10. The van der Waals surface area contributed by atoms with Gasteiger partial charge in [-0.3, -0.25) is 24.7 Å². The van der Waals surface area contributed by atoms with Gasteiger partial charge in [0.1, 0.15) is 11.7 Å². The van der Waals surface area contributed by atoms with Crippen LogP contribution in [0.15, 0.2) is 28.9 Å². The van der Waals surface area contributed by atoms with Gasteiger partial charge in [0.05, 0.1) is 6.42 Å². The van der Waals surface area contributed by atoms with E-state index in [1.54, 1.807) is 18.2 Å². The number of carbonyl (C=O) groups excluding carboxylic acids is 3. The number of imide groups is 1. The molecule has 0 saturated carbocycles. The molecule has 3 rings (SSSR count). The molecule has 1 aliphatic heterocycles. The largest absolute Gasteiger partial charge is 0.398 e. The third-order valence-corrected chi connectivity index (χ3v) is 4.06. The number of hydrogen-bond acceptors (Lipinski definition) is 5. The highest BCUT2D eigenvalue weighted by atomic mass is 79.9. The van der Waals surface area contributed by atoms with Crippen LogP contribution in [0.25, 0.3) is 10.8 Å². The number of carbonyl (C=O) groups is 3. The molecule has 1 saturated heterocycles. The summed E-state index contributed by atoms with van der Waals surface area (Å²) in [4.78, 5) is 39.2. The van der Waals surface area contributed by atoms with E-state index < -0.39 is 23.8 Å². The maximum atomic E-state index is 12.4. The second-order valence-corrected chi connectivity index (χ2v) is 5.72. The number of anilines is 1. The fourth-order valence-electron chi connectivity index (χ4n) is 2.35. The van der Waals surface area contributed by atoms with E-state index in [9.17, 15) is 14.4 Å². The molecule has 8 heteroatoms. The minimum absolute atomic E-state index is 0.0708. The number of pyridine rings is 1. The third-order valence-electron chi connectivity index (χ3n) is 3.40. The summed E-state index contributed by atoms with van der Waals surface area (Å²) in [6.45, 7) is 0. The number of nitrogens with zero attached hydrogens (tertiary/aromatic N) is 1. The Labute approximate surface area is 133 Å². The van der Waals surface area contributed by atoms with Crippen LogP contribution in [0.2, 0.25) is 0 Å². The number of amides is 3. The Kier molecular flexibility index (Phi) is 3.53. The van der Waals surface area contributed by atoms with Crippen LogP contribution in [0.4, 0.5) is 5.69 Å². The molecular formula is C14H11BrN4O3. The van der Waals surface area contributed by atoms with E-state index in [0.29, 0.717) is 20.9 Å². The van der Waals surface area contributed by atoms with E-state index in [1.165, 1.54) is 6.20 Å². The first kappa shape index (κ1) is 14.5. The standard InChI is InChI=1S/C14H11BrN4O3/c15-7-1-2-8(16)6-3-4-17-12(11(6)7)14(22)18-9-5-10(20)19-13(9)21/h1-4,9H,5,16H2,(H,18,22)(H,19,20,21). The van der Waals surface area contributed by atoms with Gasteiger partial charge in [-0.05, 0) is 18.2 Å². The van der Waals surface area contributed by atoms with E-state index in [-0.39, 0.29) is 12.1 Å². The maximum Gasteiger partial charge on any atom is 0.271 e. The summed E-state index contributed by atoms with van der Waals surface area (Å²) >= 11 is 3.38. The molecule has 1 aromatic carbocycles. The lowest BCUT2D eigenvalue weighted by Crippen LogP contribution is -2.40. The minimum atomic E-state index is -0.878. The lowest BCUT2D eigenvalue weighted by Gasteiger charge is -2.12. The van der Waals surface area contributed by atoms with Crippen molar-refractivity contribution in [2.24, 2.45) is 0 Å². The van der Waals surface area contributed by atoms with Gasteiger partial charge in [0.25, 0.3) is 5.91 Å². The van der Waals surface area contributed by atoms with E-state index in [1.807, 2.05) is 0 Å². The van der Waals surface area contributed by atoms with Crippen LogP contribution in [0.3, 0.4) is 0 Å². The van der Waals surface area contributed by atoms with Crippen LogP contribution in [0, 0.1) is 0 Å². The van der Waals surface area contributed by atoms with Gasteiger partial charge < -0.3 is 11.1 Å². The molecule has 1 fully saturated rings. The molecule has 22 heavy (non-hydrogen) atoms. The molecule has 0 bridgehead atoms. The number of rotatable bonds is 2. The Morgan fingerprint density at radius 3 is 2.82 bits per heavy atom. The molecule has 3 amide bonds. The number of halogens is 1. The zero-order chi connectivity index (χ0) is 15.9. The lowest BCUT2D eigenvalue weighted by molar-refractivity contribution is -0.125.